The molecule has 1 aliphatic heterocycles. The smallest absolute Gasteiger partial charge is 0.182 e. The van der Waals surface area contributed by atoms with Crippen molar-refractivity contribution in [2.75, 3.05) is 6.61 Å². The molecular formula is C14H10ClF3N2O. The molecule has 1 aromatic carbocycles. The van der Waals surface area contributed by atoms with Crippen LogP contribution in [0.5, 0.6) is 0 Å². The third-order valence-electron chi connectivity index (χ3n) is 3.73. The first kappa shape index (κ1) is 14.3. The maximum Gasteiger partial charge on any atom is 0.182 e. The van der Waals surface area contributed by atoms with Crippen LogP contribution in [0, 0.1) is 17.5 Å². The van der Waals surface area contributed by atoms with E-state index in [0.717, 1.165) is 18.5 Å². The Morgan fingerprint density at radius 3 is 2.62 bits per heavy atom. The highest BCUT2D eigenvalue weighted by Crippen LogP contribution is 2.51. The molecule has 1 aromatic heterocycles. The van der Waals surface area contributed by atoms with Crippen LogP contribution < -0.4 is 0 Å². The Hall–Kier alpha value is -1.66. The van der Waals surface area contributed by atoms with Crippen molar-refractivity contribution in [3.05, 3.63) is 58.4 Å². The van der Waals surface area contributed by atoms with Gasteiger partial charge in [0.25, 0.3) is 0 Å². The SMILES string of the molecule is CC(c1ncnc(Cl)c1F)C1(c2ccc(F)cc2F)CO1. The van der Waals surface area contributed by atoms with Gasteiger partial charge in [0.2, 0.25) is 0 Å². The molecule has 2 heterocycles. The van der Waals surface area contributed by atoms with Crippen molar-refractivity contribution in [2.45, 2.75) is 18.4 Å². The summed E-state index contributed by atoms with van der Waals surface area (Å²) in [5, 5.41) is -0.303. The highest BCUT2D eigenvalue weighted by Gasteiger charge is 2.54. The first-order valence-electron chi connectivity index (χ1n) is 6.21. The lowest BCUT2D eigenvalue weighted by molar-refractivity contribution is 0.260. The molecule has 0 spiro atoms. The predicted octanol–water partition coefficient (Wildman–Crippen LogP) is 3.58. The Kier molecular flexibility index (Phi) is 3.37. The average Bonchev–Trinajstić information content (AvgIpc) is 3.22. The summed E-state index contributed by atoms with van der Waals surface area (Å²) >= 11 is 5.64. The lowest BCUT2D eigenvalue weighted by Gasteiger charge is -2.21. The summed E-state index contributed by atoms with van der Waals surface area (Å²) in [6.45, 7) is 1.84. The second-order valence-electron chi connectivity index (χ2n) is 4.89. The Balaban J connectivity index is 2.04. The Morgan fingerprint density at radius 2 is 2.00 bits per heavy atom. The van der Waals surface area contributed by atoms with Gasteiger partial charge in [0.05, 0.1) is 12.3 Å². The molecule has 2 unspecified atom stereocenters. The molecular weight excluding hydrogens is 305 g/mol. The van der Waals surface area contributed by atoms with Gasteiger partial charge in [-0.05, 0) is 6.07 Å². The number of nitrogens with zero attached hydrogens (tertiary/aromatic N) is 2. The van der Waals surface area contributed by atoms with Crippen LogP contribution in [0.1, 0.15) is 24.1 Å². The summed E-state index contributed by atoms with van der Waals surface area (Å²) in [6.07, 6.45) is 1.13. The van der Waals surface area contributed by atoms with Gasteiger partial charge in [0.1, 0.15) is 23.6 Å². The van der Waals surface area contributed by atoms with E-state index in [2.05, 4.69) is 9.97 Å². The number of hydrogen-bond donors (Lipinski definition) is 0. The lowest BCUT2D eigenvalue weighted by Crippen LogP contribution is -2.22. The van der Waals surface area contributed by atoms with E-state index in [9.17, 15) is 13.2 Å². The predicted molar refractivity (Wildman–Crippen MR) is 69.4 cm³/mol. The van der Waals surface area contributed by atoms with Crippen molar-refractivity contribution in [2.24, 2.45) is 0 Å². The molecule has 1 saturated heterocycles. The van der Waals surface area contributed by atoms with Crippen molar-refractivity contribution < 1.29 is 17.9 Å². The Bertz CT molecular complexity index is 707. The van der Waals surface area contributed by atoms with Gasteiger partial charge >= 0.3 is 0 Å². The van der Waals surface area contributed by atoms with Gasteiger partial charge in [0, 0.05) is 17.5 Å². The molecule has 3 rings (SSSR count). The topological polar surface area (TPSA) is 38.3 Å². The maximum absolute atomic E-state index is 14.0. The number of epoxide rings is 1. The number of ether oxygens (including phenoxy) is 1. The number of rotatable bonds is 3. The van der Waals surface area contributed by atoms with E-state index < -0.39 is 29.0 Å². The summed E-state index contributed by atoms with van der Waals surface area (Å²) in [4.78, 5) is 7.41. The molecule has 0 aliphatic carbocycles. The van der Waals surface area contributed by atoms with Gasteiger partial charge in [-0.15, -0.1) is 0 Å². The van der Waals surface area contributed by atoms with Gasteiger partial charge in [0.15, 0.2) is 11.0 Å². The summed E-state index contributed by atoms with van der Waals surface area (Å²) < 4.78 is 46.4. The molecule has 0 saturated carbocycles. The number of aromatic nitrogens is 2. The van der Waals surface area contributed by atoms with Gasteiger partial charge < -0.3 is 4.74 Å². The molecule has 21 heavy (non-hydrogen) atoms. The van der Waals surface area contributed by atoms with Crippen LogP contribution >= 0.6 is 11.6 Å². The van der Waals surface area contributed by atoms with Crippen LogP contribution in [0.3, 0.4) is 0 Å². The molecule has 0 bridgehead atoms. The van der Waals surface area contributed by atoms with E-state index in [-0.39, 0.29) is 23.0 Å². The largest absolute Gasteiger partial charge is 0.364 e. The van der Waals surface area contributed by atoms with Crippen LogP contribution in [0.2, 0.25) is 5.15 Å². The van der Waals surface area contributed by atoms with Crippen molar-refractivity contribution in [1.29, 1.82) is 0 Å². The monoisotopic (exact) mass is 314 g/mol. The van der Waals surface area contributed by atoms with Crippen LogP contribution in [0.4, 0.5) is 13.2 Å². The third-order valence-corrected chi connectivity index (χ3v) is 3.99. The molecule has 1 aliphatic rings. The summed E-state index contributed by atoms with van der Waals surface area (Å²) in [6, 6.07) is 3.21. The zero-order chi connectivity index (χ0) is 15.2. The van der Waals surface area contributed by atoms with Crippen LogP contribution in [0.15, 0.2) is 24.5 Å². The van der Waals surface area contributed by atoms with Gasteiger partial charge in [-0.1, -0.05) is 24.6 Å². The second-order valence-corrected chi connectivity index (χ2v) is 5.25. The maximum atomic E-state index is 14.0. The van der Waals surface area contributed by atoms with Crippen LogP contribution in [-0.2, 0) is 10.3 Å². The van der Waals surface area contributed by atoms with Crippen molar-refractivity contribution in [3.8, 4) is 0 Å². The second kappa shape index (κ2) is 4.96. The minimum atomic E-state index is -1.06. The Labute approximate surface area is 123 Å². The third kappa shape index (κ3) is 2.28. The minimum absolute atomic E-state index is 0.0382. The molecule has 0 radical (unpaired) electrons. The molecule has 7 heteroatoms. The fourth-order valence-electron chi connectivity index (χ4n) is 2.43. The molecule has 3 nitrogen and oxygen atoms in total. The fraction of sp³-hybridized carbons (Fsp3) is 0.286. The first-order valence-corrected chi connectivity index (χ1v) is 6.59. The molecule has 0 N–H and O–H groups in total. The number of halogens is 4. The average molecular weight is 315 g/mol. The molecule has 0 amide bonds. The van der Waals surface area contributed by atoms with Gasteiger partial charge in [-0.2, -0.15) is 0 Å². The van der Waals surface area contributed by atoms with Gasteiger partial charge in [-0.25, -0.2) is 23.1 Å². The van der Waals surface area contributed by atoms with E-state index in [0.29, 0.717) is 0 Å². The molecule has 2 atom stereocenters. The van der Waals surface area contributed by atoms with E-state index in [1.165, 1.54) is 6.07 Å². The summed E-state index contributed by atoms with van der Waals surface area (Å²) in [7, 11) is 0. The van der Waals surface area contributed by atoms with Crippen molar-refractivity contribution in [3.63, 3.8) is 0 Å². The number of benzene rings is 1. The first-order chi connectivity index (χ1) is 9.95. The van der Waals surface area contributed by atoms with Crippen molar-refractivity contribution in [1.82, 2.24) is 9.97 Å². The standard InChI is InChI=1S/C14H10ClF3N2O/c1-7(12-11(18)13(15)20-6-19-12)14(5-21-14)9-3-2-8(16)4-10(9)17/h2-4,6-7H,5H2,1H3. The normalized spacial score (nSPS) is 22.1. The quantitative estimate of drug-likeness (QED) is 0.642. The zero-order valence-corrected chi connectivity index (χ0v) is 11.7. The summed E-state index contributed by atoms with van der Waals surface area (Å²) in [5.41, 5.74) is -0.849. The Morgan fingerprint density at radius 1 is 1.29 bits per heavy atom. The van der Waals surface area contributed by atoms with E-state index in [1.54, 1.807) is 6.92 Å². The fourth-order valence-corrected chi connectivity index (χ4v) is 2.57. The van der Waals surface area contributed by atoms with Gasteiger partial charge in [-0.3, -0.25) is 0 Å². The number of hydrogen-bond acceptors (Lipinski definition) is 3. The highest BCUT2D eigenvalue weighted by atomic mass is 35.5. The van der Waals surface area contributed by atoms with E-state index >= 15 is 0 Å². The minimum Gasteiger partial charge on any atom is -0.364 e. The molecule has 110 valence electrons. The van der Waals surface area contributed by atoms with Crippen LogP contribution in [0.25, 0.3) is 0 Å². The molecule has 2 aromatic rings. The zero-order valence-electron chi connectivity index (χ0n) is 10.9. The van der Waals surface area contributed by atoms with E-state index in [1.807, 2.05) is 0 Å². The van der Waals surface area contributed by atoms with Crippen LogP contribution in [-0.4, -0.2) is 16.6 Å². The van der Waals surface area contributed by atoms with Crippen molar-refractivity contribution >= 4 is 11.6 Å². The summed E-state index contributed by atoms with van der Waals surface area (Å²) in [5.74, 6) is -2.78. The molecule has 1 fully saturated rings. The highest BCUT2D eigenvalue weighted by molar-refractivity contribution is 6.29. The lowest BCUT2D eigenvalue weighted by atomic mass is 9.84. The van der Waals surface area contributed by atoms with E-state index in [4.69, 9.17) is 16.3 Å².